The summed E-state index contributed by atoms with van der Waals surface area (Å²) in [5.74, 6) is 0.718. The SMILES string of the molecule is C/C=C/N=C(\N=C(/C)c1ccccc1)c1cccc(-c2cccc(P(C)C)c2)c1. The van der Waals surface area contributed by atoms with Gasteiger partial charge in [-0.25, -0.2) is 9.98 Å². The summed E-state index contributed by atoms with van der Waals surface area (Å²) in [6.45, 7) is 8.56. The topological polar surface area (TPSA) is 24.7 Å². The molecule has 0 aromatic heterocycles. The van der Waals surface area contributed by atoms with E-state index >= 15 is 0 Å². The van der Waals surface area contributed by atoms with Crippen LogP contribution in [0.5, 0.6) is 0 Å². The minimum absolute atomic E-state index is 0.123. The van der Waals surface area contributed by atoms with E-state index in [1.54, 1.807) is 6.20 Å². The van der Waals surface area contributed by atoms with Crippen molar-refractivity contribution in [2.24, 2.45) is 9.98 Å². The second-order valence-electron chi connectivity index (χ2n) is 7.02. The minimum atomic E-state index is -0.123. The smallest absolute Gasteiger partial charge is 0.159 e. The molecule has 0 atom stereocenters. The summed E-state index contributed by atoms with van der Waals surface area (Å²) in [5, 5.41) is 1.41. The fraction of sp³-hybridized carbons (Fsp3) is 0.154. The van der Waals surface area contributed by atoms with Crippen molar-refractivity contribution in [3.63, 3.8) is 0 Å². The molecule has 0 unspecified atom stereocenters. The van der Waals surface area contributed by atoms with Gasteiger partial charge < -0.3 is 0 Å². The minimum Gasteiger partial charge on any atom is -0.237 e. The molecule has 29 heavy (non-hydrogen) atoms. The molecule has 0 saturated heterocycles. The lowest BCUT2D eigenvalue weighted by Gasteiger charge is -2.10. The molecule has 0 spiro atoms. The van der Waals surface area contributed by atoms with E-state index in [1.807, 2.05) is 38.1 Å². The fourth-order valence-electron chi connectivity index (χ4n) is 3.02. The monoisotopic (exact) mass is 398 g/mol. The van der Waals surface area contributed by atoms with Crippen LogP contribution in [0.3, 0.4) is 0 Å². The fourth-order valence-corrected chi connectivity index (χ4v) is 3.80. The highest BCUT2D eigenvalue weighted by atomic mass is 31.1. The first-order valence-electron chi connectivity index (χ1n) is 9.76. The highest BCUT2D eigenvalue weighted by Gasteiger charge is 2.07. The average Bonchev–Trinajstić information content (AvgIpc) is 2.77. The van der Waals surface area contributed by atoms with Crippen molar-refractivity contribution in [2.45, 2.75) is 13.8 Å². The van der Waals surface area contributed by atoms with E-state index in [2.05, 4.69) is 79.0 Å². The Labute approximate surface area is 175 Å². The van der Waals surface area contributed by atoms with E-state index in [-0.39, 0.29) is 7.92 Å². The zero-order valence-corrected chi connectivity index (χ0v) is 18.4. The van der Waals surface area contributed by atoms with E-state index in [9.17, 15) is 0 Å². The first-order chi connectivity index (χ1) is 14.1. The molecule has 3 rings (SSSR count). The molecule has 146 valence electrons. The molecule has 0 aliphatic rings. The zero-order chi connectivity index (χ0) is 20.6. The van der Waals surface area contributed by atoms with E-state index in [1.165, 1.54) is 16.4 Å². The lowest BCUT2D eigenvalue weighted by Crippen LogP contribution is -2.04. The Morgan fingerprint density at radius 3 is 2.14 bits per heavy atom. The van der Waals surface area contributed by atoms with Gasteiger partial charge in [0.1, 0.15) is 0 Å². The maximum atomic E-state index is 4.85. The Hall–Kier alpha value is -2.83. The summed E-state index contributed by atoms with van der Waals surface area (Å²) < 4.78 is 0. The summed E-state index contributed by atoms with van der Waals surface area (Å²) in [6.07, 6.45) is 3.72. The van der Waals surface area contributed by atoms with Crippen molar-refractivity contribution in [3.8, 4) is 11.1 Å². The van der Waals surface area contributed by atoms with Crippen molar-refractivity contribution in [3.05, 3.63) is 102 Å². The molecule has 0 fully saturated rings. The largest absolute Gasteiger partial charge is 0.237 e. The van der Waals surface area contributed by atoms with Crippen LogP contribution < -0.4 is 5.30 Å². The van der Waals surface area contributed by atoms with Gasteiger partial charge in [-0.1, -0.05) is 80.7 Å². The molecule has 0 bridgehead atoms. The summed E-state index contributed by atoms with van der Waals surface area (Å²) >= 11 is 0. The standard InChI is InChI=1S/C26H27N2P/c1-5-17-27-26(28-20(2)21-11-7-6-8-12-21)24-15-9-13-22(18-24)23-14-10-16-25(19-23)29(3)4/h5-19H,1-4H3/b17-5+,27-26-,28-20+. The van der Waals surface area contributed by atoms with Gasteiger partial charge in [0.2, 0.25) is 0 Å². The molecular weight excluding hydrogens is 371 g/mol. The van der Waals surface area contributed by atoms with Crippen LogP contribution in [0.25, 0.3) is 11.1 Å². The van der Waals surface area contributed by atoms with Crippen LogP contribution in [0.1, 0.15) is 25.0 Å². The number of allylic oxidation sites excluding steroid dienone is 1. The number of hydrogen-bond donors (Lipinski definition) is 0. The predicted octanol–water partition coefficient (Wildman–Crippen LogP) is 6.51. The predicted molar refractivity (Wildman–Crippen MR) is 130 cm³/mol. The van der Waals surface area contributed by atoms with Gasteiger partial charge in [-0.05, 0) is 61.3 Å². The van der Waals surface area contributed by atoms with E-state index in [4.69, 9.17) is 4.99 Å². The lowest BCUT2D eigenvalue weighted by molar-refractivity contribution is 1.43. The van der Waals surface area contributed by atoms with Crippen LogP contribution in [0.2, 0.25) is 0 Å². The Bertz CT molecular complexity index is 1050. The molecule has 0 aliphatic carbocycles. The molecule has 0 radical (unpaired) electrons. The van der Waals surface area contributed by atoms with Gasteiger partial charge in [-0.3, -0.25) is 0 Å². The first-order valence-corrected chi connectivity index (χ1v) is 12.0. The number of rotatable bonds is 5. The summed E-state index contributed by atoms with van der Waals surface area (Å²) in [5.41, 5.74) is 5.47. The van der Waals surface area contributed by atoms with Crippen LogP contribution in [0.4, 0.5) is 0 Å². The molecule has 2 nitrogen and oxygen atoms in total. The van der Waals surface area contributed by atoms with Crippen molar-refractivity contribution >= 4 is 24.8 Å². The lowest BCUT2D eigenvalue weighted by atomic mass is 10.0. The molecule has 0 N–H and O–H groups in total. The van der Waals surface area contributed by atoms with Gasteiger partial charge in [0.15, 0.2) is 5.84 Å². The Morgan fingerprint density at radius 1 is 0.793 bits per heavy atom. The third-order valence-corrected chi connectivity index (χ3v) is 5.94. The van der Waals surface area contributed by atoms with Gasteiger partial charge in [0, 0.05) is 17.5 Å². The summed E-state index contributed by atoms with van der Waals surface area (Å²) in [4.78, 5) is 9.46. The Morgan fingerprint density at radius 2 is 1.45 bits per heavy atom. The van der Waals surface area contributed by atoms with Crippen LogP contribution in [-0.2, 0) is 0 Å². The highest BCUT2D eigenvalue weighted by Crippen LogP contribution is 2.27. The van der Waals surface area contributed by atoms with E-state index in [0.29, 0.717) is 0 Å². The number of amidine groups is 1. The van der Waals surface area contributed by atoms with Crippen LogP contribution in [-0.4, -0.2) is 24.9 Å². The molecule has 0 aliphatic heterocycles. The van der Waals surface area contributed by atoms with E-state index < -0.39 is 0 Å². The Kier molecular flexibility index (Phi) is 7.27. The molecule has 3 heteroatoms. The highest BCUT2D eigenvalue weighted by molar-refractivity contribution is 7.64. The van der Waals surface area contributed by atoms with Crippen molar-refractivity contribution < 1.29 is 0 Å². The summed E-state index contributed by atoms with van der Waals surface area (Å²) in [7, 11) is -0.123. The van der Waals surface area contributed by atoms with Crippen molar-refractivity contribution in [1.82, 2.24) is 0 Å². The molecule has 3 aromatic rings. The second-order valence-corrected chi connectivity index (χ2v) is 9.33. The van der Waals surface area contributed by atoms with Gasteiger partial charge in [0.25, 0.3) is 0 Å². The van der Waals surface area contributed by atoms with Crippen molar-refractivity contribution in [1.29, 1.82) is 0 Å². The van der Waals surface area contributed by atoms with Gasteiger partial charge >= 0.3 is 0 Å². The summed E-state index contributed by atoms with van der Waals surface area (Å²) in [6, 6.07) is 27.5. The molecule has 0 heterocycles. The zero-order valence-electron chi connectivity index (χ0n) is 17.5. The number of aliphatic imine (C=N–C) groups is 2. The van der Waals surface area contributed by atoms with Crippen LogP contribution in [0, 0.1) is 0 Å². The second kappa shape index (κ2) is 10.1. The number of nitrogens with zero attached hydrogens (tertiary/aromatic N) is 2. The van der Waals surface area contributed by atoms with Gasteiger partial charge in [0.05, 0.1) is 0 Å². The third kappa shape index (κ3) is 5.59. The normalized spacial score (nSPS) is 12.7. The van der Waals surface area contributed by atoms with Gasteiger partial charge in [-0.2, -0.15) is 0 Å². The molecule has 0 amide bonds. The maximum absolute atomic E-state index is 4.85. The molecule has 0 saturated carbocycles. The number of benzene rings is 3. The van der Waals surface area contributed by atoms with Crippen LogP contribution in [0.15, 0.2) is 101 Å². The average molecular weight is 398 g/mol. The first kappa shape index (κ1) is 20.9. The van der Waals surface area contributed by atoms with Crippen molar-refractivity contribution in [2.75, 3.05) is 13.3 Å². The van der Waals surface area contributed by atoms with Crippen LogP contribution >= 0.6 is 7.92 Å². The molecular formula is C26H27N2P. The number of hydrogen-bond acceptors (Lipinski definition) is 1. The molecule has 3 aromatic carbocycles. The Balaban J connectivity index is 2.02. The quantitative estimate of drug-likeness (QED) is 0.266. The third-order valence-electron chi connectivity index (χ3n) is 4.63. The maximum Gasteiger partial charge on any atom is 0.159 e. The van der Waals surface area contributed by atoms with Gasteiger partial charge in [-0.15, -0.1) is 0 Å². The van der Waals surface area contributed by atoms with E-state index in [0.717, 1.165) is 22.7 Å².